The maximum Gasteiger partial charge on any atom is 0.227 e. The molecule has 0 bridgehead atoms. The minimum absolute atomic E-state index is 0.0120. The molecule has 3 aromatic rings. The number of rotatable bonds is 4. The van der Waals surface area contributed by atoms with Crippen LogP contribution < -0.4 is 0 Å². The van der Waals surface area contributed by atoms with Crippen LogP contribution in [0.5, 0.6) is 0 Å². The third-order valence-corrected chi connectivity index (χ3v) is 6.18. The smallest absolute Gasteiger partial charge is 0.227 e. The first kappa shape index (κ1) is 22.0. The zero-order valence-electron chi connectivity index (χ0n) is 18.0. The fourth-order valence-electron chi connectivity index (χ4n) is 4.33. The van der Waals surface area contributed by atoms with Gasteiger partial charge in [0.25, 0.3) is 0 Å². The highest BCUT2D eigenvalue weighted by Gasteiger charge is 2.36. The highest BCUT2D eigenvalue weighted by atomic mass is 19.1. The average Bonchev–Trinajstić information content (AvgIpc) is 3.39. The number of pyridine rings is 1. The van der Waals surface area contributed by atoms with Gasteiger partial charge in [0.15, 0.2) is 5.82 Å². The molecule has 5 rings (SSSR count). The number of carbonyl (C=O) groups is 1. The summed E-state index contributed by atoms with van der Waals surface area (Å²) in [7, 11) is 0. The Kier molecular flexibility index (Phi) is 5.95. The van der Waals surface area contributed by atoms with Crippen molar-refractivity contribution in [3.8, 4) is 11.9 Å². The van der Waals surface area contributed by atoms with Gasteiger partial charge in [0.2, 0.25) is 5.91 Å². The first-order valence-electron chi connectivity index (χ1n) is 10.7. The fourth-order valence-corrected chi connectivity index (χ4v) is 4.33. The van der Waals surface area contributed by atoms with Crippen LogP contribution in [0, 0.1) is 23.0 Å². The molecule has 0 radical (unpaired) electrons. The SMILES string of the molecule is N#Cc1c(F)ccc([C@@H]2CN3CCN(C(=O)Cc4ccc(-n5cnnn5)nc4)C[C@@H]3CO2)c1F. The summed E-state index contributed by atoms with van der Waals surface area (Å²) < 4.78 is 35.6. The first-order valence-corrected chi connectivity index (χ1v) is 10.7. The molecule has 34 heavy (non-hydrogen) atoms. The van der Waals surface area contributed by atoms with Gasteiger partial charge in [-0.1, -0.05) is 12.1 Å². The number of morpholine rings is 1. The van der Waals surface area contributed by atoms with Crippen molar-refractivity contribution in [3.05, 3.63) is 65.1 Å². The molecule has 2 atom stereocenters. The van der Waals surface area contributed by atoms with Gasteiger partial charge in [-0.3, -0.25) is 9.69 Å². The average molecular weight is 466 g/mol. The summed E-state index contributed by atoms with van der Waals surface area (Å²) in [6, 6.07) is 7.54. The van der Waals surface area contributed by atoms with Crippen LogP contribution in [0.15, 0.2) is 36.8 Å². The van der Waals surface area contributed by atoms with Crippen LogP contribution in [0.4, 0.5) is 8.78 Å². The number of nitrogens with zero attached hydrogens (tertiary/aromatic N) is 8. The number of piperazine rings is 1. The Morgan fingerprint density at radius 2 is 2.09 bits per heavy atom. The van der Waals surface area contributed by atoms with E-state index in [1.165, 1.54) is 17.1 Å². The molecule has 10 nitrogen and oxygen atoms in total. The van der Waals surface area contributed by atoms with E-state index >= 15 is 0 Å². The number of hydrogen-bond donors (Lipinski definition) is 0. The second-order valence-electron chi connectivity index (χ2n) is 8.20. The maximum absolute atomic E-state index is 14.6. The first-order chi connectivity index (χ1) is 16.5. The van der Waals surface area contributed by atoms with E-state index in [-0.39, 0.29) is 23.9 Å². The number of benzene rings is 1. The van der Waals surface area contributed by atoms with Crippen molar-refractivity contribution < 1.29 is 18.3 Å². The molecule has 2 aliphatic heterocycles. The molecule has 4 heterocycles. The molecule has 1 amide bonds. The second kappa shape index (κ2) is 9.20. The Morgan fingerprint density at radius 3 is 2.82 bits per heavy atom. The molecule has 0 aliphatic carbocycles. The number of aromatic nitrogens is 5. The predicted octanol–water partition coefficient (Wildman–Crippen LogP) is 1.03. The van der Waals surface area contributed by atoms with E-state index in [9.17, 15) is 13.6 Å². The number of nitriles is 1. The van der Waals surface area contributed by atoms with Gasteiger partial charge in [-0.25, -0.2) is 13.8 Å². The lowest BCUT2D eigenvalue weighted by Crippen LogP contribution is -2.59. The Bertz CT molecular complexity index is 1230. The van der Waals surface area contributed by atoms with Crippen molar-refractivity contribution in [1.82, 2.24) is 35.0 Å². The largest absolute Gasteiger partial charge is 0.370 e. The van der Waals surface area contributed by atoms with E-state index in [0.717, 1.165) is 11.6 Å². The molecule has 12 heteroatoms. The standard InChI is InChI=1S/C22H20F2N8O2/c23-18-3-2-16(22(24)17(18)8-25)19-11-30-5-6-31(10-15(30)12-34-19)21(33)7-14-1-4-20(26-9-14)32-13-27-28-29-32/h1-4,9,13,15,19H,5-7,10-12H2/t15-,19+/m1/s1. The number of ether oxygens (including phenoxy) is 1. The molecule has 0 saturated carbocycles. The summed E-state index contributed by atoms with van der Waals surface area (Å²) in [5.41, 5.74) is 0.357. The van der Waals surface area contributed by atoms with Crippen LogP contribution >= 0.6 is 0 Å². The van der Waals surface area contributed by atoms with Crippen molar-refractivity contribution in [2.75, 3.05) is 32.8 Å². The third-order valence-electron chi connectivity index (χ3n) is 6.18. The molecule has 2 saturated heterocycles. The topological polar surface area (TPSA) is 113 Å². The summed E-state index contributed by atoms with van der Waals surface area (Å²) in [6.07, 6.45) is 2.69. The van der Waals surface area contributed by atoms with E-state index in [2.05, 4.69) is 25.4 Å². The van der Waals surface area contributed by atoms with Crippen LogP contribution in [-0.2, 0) is 16.0 Å². The summed E-state index contributed by atoms with van der Waals surface area (Å²) in [4.78, 5) is 21.1. The molecule has 2 aromatic heterocycles. The molecule has 0 spiro atoms. The number of carbonyl (C=O) groups excluding carboxylic acids is 1. The molecule has 0 N–H and O–H groups in total. The molecule has 2 aliphatic rings. The molecule has 2 fully saturated rings. The van der Waals surface area contributed by atoms with Gasteiger partial charge in [-0.15, -0.1) is 5.10 Å². The number of tetrazole rings is 1. The highest BCUT2D eigenvalue weighted by molar-refractivity contribution is 5.78. The lowest BCUT2D eigenvalue weighted by Gasteiger charge is -2.46. The molecular weight excluding hydrogens is 446 g/mol. The Morgan fingerprint density at radius 1 is 1.21 bits per heavy atom. The van der Waals surface area contributed by atoms with Crippen molar-refractivity contribution in [1.29, 1.82) is 5.26 Å². The van der Waals surface area contributed by atoms with E-state index < -0.39 is 23.3 Å². The lowest BCUT2D eigenvalue weighted by molar-refractivity contribution is -0.139. The lowest BCUT2D eigenvalue weighted by atomic mass is 10.0. The van der Waals surface area contributed by atoms with Crippen molar-refractivity contribution in [3.63, 3.8) is 0 Å². The molecular formula is C22H20F2N8O2. The van der Waals surface area contributed by atoms with Crippen LogP contribution in [0.25, 0.3) is 5.82 Å². The predicted molar refractivity (Wildman–Crippen MR) is 112 cm³/mol. The third kappa shape index (κ3) is 4.23. The van der Waals surface area contributed by atoms with Gasteiger partial charge >= 0.3 is 0 Å². The number of halogens is 2. The summed E-state index contributed by atoms with van der Waals surface area (Å²) in [6.45, 7) is 2.35. The Hall–Kier alpha value is -3.82. The quantitative estimate of drug-likeness (QED) is 0.561. The maximum atomic E-state index is 14.6. The van der Waals surface area contributed by atoms with Crippen molar-refractivity contribution in [2.45, 2.75) is 18.6 Å². The van der Waals surface area contributed by atoms with Crippen LogP contribution in [0.2, 0.25) is 0 Å². The molecule has 1 aromatic carbocycles. The van der Waals surface area contributed by atoms with E-state index in [1.54, 1.807) is 23.2 Å². The summed E-state index contributed by atoms with van der Waals surface area (Å²) in [5.74, 6) is -1.21. The minimum atomic E-state index is -0.884. The van der Waals surface area contributed by atoms with Crippen LogP contribution in [-0.4, -0.2) is 79.7 Å². The van der Waals surface area contributed by atoms with Crippen molar-refractivity contribution in [2.24, 2.45) is 0 Å². The van der Waals surface area contributed by atoms with Gasteiger partial charge in [-0.2, -0.15) is 9.94 Å². The van der Waals surface area contributed by atoms with E-state index in [1.807, 2.05) is 6.07 Å². The minimum Gasteiger partial charge on any atom is -0.370 e. The van der Waals surface area contributed by atoms with Gasteiger partial charge in [-0.05, 0) is 28.1 Å². The molecule has 174 valence electrons. The van der Waals surface area contributed by atoms with Gasteiger partial charge in [0.1, 0.15) is 29.6 Å². The van der Waals surface area contributed by atoms with E-state index in [0.29, 0.717) is 38.6 Å². The number of fused-ring (bicyclic) bond motifs is 1. The van der Waals surface area contributed by atoms with Gasteiger partial charge in [0.05, 0.1) is 25.2 Å². The second-order valence-corrected chi connectivity index (χ2v) is 8.20. The summed E-state index contributed by atoms with van der Waals surface area (Å²) in [5, 5.41) is 19.9. The monoisotopic (exact) mass is 466 g/mol. The fraction of sp³-hybridized carbons (Fsp3) is 0.364. The number of amides is 1. The van der Waals surface area contributed by atoms with Crippen LogP contribution in [0.1, 0.15) is 22.8 Å². The Labute approximate surface area is 193 Å². The van der Waals surface area contributed by atoms with Crippen molar-refractivity contribution >= 4 is 5.91 Å². The highest BCUT2D eigenvalue weighted by Crippen LogP contribution is 2.30. The van der Waals surface area contributed by atoms with Gasteiger partial charge < -0.3 is 9.64 Å². The van der Waals surface area contributed by atoms with Gasteiger partial charge in [0, 0.05) is 37.9 Å². The zero-order chi connectivity index (χ0) is 23.7. The summed E-state index contributed by atoms with van der Waals surface area (Å²) >= 11 is 0. The Balaban J connectivity index is 1.19. The van der Waals surface area contributed by atoms with Crippen LogP contribution in [0.3, 0.4) is 0 Å². The number of hydrogen-bond acceptors (Lipinski definition) is 8. The molecule has 0 unspecified atom stereocenters. The normalized spacial score (nSPS) is 20.6. The zero-order valence-corrected chi connectivity index (χ0v) is 18.0. The van der Waals surface area contributed by atoms with E-state index in [4.69, 9.17) is 10.00 Å².